The number of benzene rings is 1. The summed E-state index contributed by atoms with van der Waals surface area (Å²) in [6, 6.07) is 3.73. The third-order valence-corrected chi connectivity index (χ3v) is 3.79. The van der Waals surface area contributed by atoms with Gasteiger partial charge in [0.1, 0.15) is 0 Å². The van der Waals surface area contributed by atoms with Gasteiger partial charge in [-0.2, -0.15) is 13.2 Å². The molecule has 1 fully saturated rings. The number of nitrogens with two attached hydrogens (primary N) is 1. The van der Waals surface area contributed by atoms with Crippen LogP contribution in [0.4, 0.5) is 18.9 Å². The first-order valence-corrected chi connectivity index (χ1v) is 7.04. The largest absolute Gasteiger partial charge is 0.416 e. The van der Waals surface area contributed by atoms with Gasteiger partial charge < -0.3 is 10.6 Å². The Morgan fingerprint density at radius 3 is 2.71 bits per heavy atom. The zero-order valence-electron chi connectivity index (χ0n) is 11.9. The van der Waals surface area contributed by atoms with Crippen molar-refractivity contribution in [1.82, 2.24) is 4.90 Å². The summed E-state index contributed by atoms with van der Waals surface area (Å²) in [5.41, 5.74) is 4.86. The quantitative estimate of drug-likeness (QED) is 0.866. The van der Waals surface area contributed by atoms with E-state index in [1.54, 1.807) is 0 Å². The van der Waals surface area contributed by atoms with Gasteiger partial charge in [0, 0.05) is 25.2 Å². The maximum atomic E-state index is 13.0. The minimum absolute atomic E-state index is 0.00578. The lowest BCUT2D eigenvalue weighted by Crippen LogP contribution is -2.26. The van der Waals surface area contributed by atoms with Crippen LogP contribution in [0.2, 0.25) is 0 Å². The predicted octanol–water partition coefficient (Wildman–Crippen LogP) is 3.44. The minimum atomic E-state index is -4.46. The molecule has 0 spiro atoms. The Bertz CT molecular complexity index is 528. The van der Waals surface area contributed by atoms with Crippen LogP contribution in [-0.2, 0) is 17.5 Å². The molecule has 21 heavy (non-hydrogen) atoms. The van der Waals surface area contributed by atoms with Crippen molar-refractivity contribution in [3.63, 3.8) is 0 Å². The molecule has 2 N–H and O–H groups in total. The van der Waals surface area contributed by atoms with Gasteiger partial charge in [0.2, 0.25) is 5.91 Å². The van der Waals surface area contributed by atoms with Crippen molar-refractivity contribution in [2.75, 3.05) is 12.3 Å². The number of carbonyl (C=O) groups excluding carboxylic acids is 1. The lowest BCUT2D eigenvalue weighted by Gasteiger charge is -2.20. The van der Waals surface area contributed by atoms with Gasteiger partial charge in [-0.25, -0.2) is 0 Å². The molecule has 1 aliphatic heterocycles. The molecule has 1 amide bonds. The van der Waals surface area contributed by atoms with Gasteiger partial charge in [0.15, 0.2) is 0 Å². The first-order valence-electron chi connectivity index (χ1n) is 7.04. The summed E-state index contributed by atoms with van der Waals surface area (Å²) >= 11 is 0. The van der Waals surface area contributed by atoms with Crippen LogP contribution >= 0.6 is 0 Å². The summed E-state index contributed by atoms with van der Waals surface area (Å²) in [6.45, 7) is 2.57. The van der Waals surface area contributed by atoms with Crippen LogP contribution in [0.25, 0.3) is 0 Å². The van der Waals surface area contributed by atoms with Crippen LogP contribution in [0, 0.1) is 5.92 Å². The van der Waals surface area contributed by atoms with E-state index >= 15 is 0 Å². The van der Waals surface area contributed by atoms with Gasteiger partial charge in [-0.1, -0.05) is 19.4 Å². The molecule has 1 aliphatic rings. The molecule has 0 aliphatic carbocycles. The van der Waals surface area contributed by atoms with Gasteiger partial charge in [0.25, 0.3) is 0 Å². The normalized spacial score (nSPS) is 19.3. The van der Waals surface area contributed by atoms with Crippen LogP contribution in [0.1, 0.15) is 37.3 Å². The second-order valence-corrected chi connectivity index (χ2v) is 5.55. The van der Waals surface area contributed by atoms with Crippen molar-refractivity contribution < 1.29 is 18.0 Å². The van der Waals surface area contributed by atoms with Crippen LogP contribution < -0.4 is 5.73 Å². The lowest BCUT2D eigenvalue weighted by atomic mass is 10.0. The van der Waals surface area contributed by atoms with Gasteiger partial charge in [-0.15, -0.1) is 0 Å². The third-order valence-electron chi connectivity index (χ3n) is 3.79. The molecule has 1 heterocycles. The van der Waals surface area contributed by atoms with E-state index in [0.29, 0.717) is 13.0 Å². The van der Waals surface area contributed by atoms with Crippen LogP contribution in [-0.4, -0.2) is 17.4 Å². The zero-order chi connectivity index (χ0) is 15.6. The summed E-state index contributed by atoms with van der Waals surface area (Å²) in [4.78, 5) is 13.4. The zero-order valence-corrected chi connectivity index (χ0v) is 11.9. The highest BCUT2D eigenvalue weighted by Crippen LogP contribution is 2.34. The molecular formula is C15H19F3N2O. The van der Waals surface area contributed by atoms with E-state index in [4.69, 9.17) is 5.73 Å². The Labute approximate surface area is 121 Å². The number of hydrogen-bond donors (Lipinski definition) is 1. The molecule has 116 valence electrons. The van der Waals surface area contributed by atoms with E-state index in [2.05, 4.69) is 0 Å². The number of nitrogens with zero attached hydrogens (tertiary/aromatic N) is 1. The second kappa shape index (κ2) is 5.95. The molecule has 1 unspecified atom stereocenters. The number of alkyl halides is 3. The average Bonchev–Trinajstić information content (AvgIpc) is 2.71. The van der Waals surface area contributed by atoms with Crippen molar-refractivity contribution in [3.05, 3.63) is 29.3 Å². The van der Waals surface area contributed by atoms with E-state index in [1.165, 1.54) is 17.0 Å². The molecule has 0 bridgehead atoms. The highest BCUT2D eigenvalue weighted by atomic mass is 19.4. The number of likely N-dealkylation sites (tertiary alicyclic amines) is 1. The fraction of sp³-hybridized carbons (Fsp3) is 0.533. The molecule has 1 aromatic rings. The third kappa shape index (κ3) is 3.68. The Morgan fingerprint density at radius 2 is 2.10 bits per heavy atom. The predicted molar refractivity (Wildman–Crippen MR) is 74.3 cm³/mol. The summed E-state index contributed by atoms with van der Waals surface area (Å²) in [6.07, 6.45) is -2.13. The van der Waals surface area contributed by atoms with Crippen LogP contribution in [0.15, 0.2) is 18.2 Å². The van der Waals surface area contributed by atoms with Crippen molar-refractivity contribution in [1.29, 1.82) is 0 Å². The second-order valence-electron chi connectivity index (χ2n) is 5.55. The number of anilines is 1. The molecule has 0 radical (unpaired) electrons. The maximum Gasteiger partial charge on any atom is 0.416 e. The lowest BCUT2D eigenvalue weighted by molar-refractivity contribution is -0.139. The molecule has 1 atom stereocenters. The number of carbonyl (C=O) groups is 1. The summed E-state index contributed by atoms with van der Waals surface area (Å²) in [7, 11) is 0. The molecule has 3 nitrogen and oxygen atoms in total. The van der Waals surface area contributed by atoms with Gasteiger partial charge in [-0.3, -0.25) is 4.79 Å². The van der Waals surface area contributed by atoms with Crippen LogP contribution in [0.3, 0.4) is 0 Å². The van der Waals surface area contributed by atoms with E-state index in [0.717, 1.165) is 18.9 Å². The number of amides is 1. The molecule has 0 saturated carbocycles. The highest BCUT2D eigenvalue weighted by Gasteiger charge is 2.35. The molecule has 1 aromatic carbocycles. The van der Waals surface area contributed by atoms with Crippen molar-refractivity contribution in [2.45, 2.75) is 38.9 Å². The summed E-state index contributed by atoms with van der Waals surface area (Å²) in [5, 5.41) is 0. The first kappa shape index (κ1) is 15.7. The number of nitrogen functional groups attached to an aromatic ring is 1. The molecule has 6 heteroatoms. The minimum Gasteiger partial charge on any atom is -0.399 e. The van der Waals surface area contributed by atoms with E-state index < -0.39 is 11.7 Å². The van der Waals surface area contributed by atoms with E-state index in [9.17, 15) is 18.0 Å². The Kier molecular flexibility index (Phi) is 4.44. The van der Waals surface area contributed by atoms with Crippen molar-refractivity contribution in [2.24, 2.45) is 5.92 Å². The smallest absolute Gasteiger partial charge is 0.399 e. The van der Waals surface area contributed by atoms with E-state index in [1.807, 2.05) is 6.92 Å². The SMILES string of the molecule is CCCC1CC(=O)N(Cc2ccc(N)cc2C(F)(F)F)C1. The summed E-state index contributed by atoms with van der Waals surface area (Å²) in [5.74, 6) is 0.184. The van der Waals surface area contributed by atoms with E-state index in [-0.39, 0.29) is 29.6 Å². The monoisotopic (exact) mass is 300 g/mol. The van der Waals surface area contributed by atoms with Gasteiger partial charge in [0.05, 0.1) is 5.56 Å². The molecular weight excluding hydrogens is 281 g/mol. The van der Waals surface area contributed by atoms with Gasteiger partial charge in [-0.05, 0) is 30.0 Å². The molecule has 2 rings (SSSR count). The summed E-state index contributed by atoms with van der Waals surface area (Å²) < 4.78 is 39.1. The highest BCUT2D eigenvalue weighted by molar-refractivity contribution is 5.78. The number of halogens is 3. The fourth-order valence-corrected chi connectivity index (χ4v) is 2.81. The standard InChI is InChI=1S/C15H19F3N2O/c1-2-3-10-6-14(21)20(8-10)9-11-4-5-12(19)7-13(11)15(16,17)18/h4-5,7,10H,2-3,6,8-9,19H2,1H3. The Balaban J connectivity index is 2.19. The number of hydrogen-bond acceptors (Lipinski definition) is 2. The van der Waals surface area contributed by atoms with Crippen molar-refractivity contribution in [3.8, 4) is 0 Å². The fourth-order valence-electron chi connectivity index (χ4n) is 2.81. The Morgan fingerprint density at radius 1 is 1.38 bits per heavy atom. The molecule has 1 saturated heterocycles. The topological polar surface area (TPSA) is 46.3 Å². The average molecular weight is 300 g/mol. The first-order chi connectivity index (χ1) is 9.81. The molecule has 0 aromatic heterocycles. The van der Waals surface area contributed by atoms with Crippen LogP contribution in [0.5, 0.6) is 0 Å². The number of rotatable bonds is 4. The maximum absolute atomic E-state index is 13.0. The van der Waals surface area contributed by atoms with Crippen molar-refractivity contribution >= 4 is 11.6 Å². The Hall–Kier alpha value is -1.72. The van der Waals surface area contributed by atoms with Gasteiger partial charge >= 0.3 is 6.18 Å².